The summed E-state index contributed by atoms with van der Waals surface area (Å²) in [6.45, 7) is 7.73. The number of nitrogen functional groups attached to an aromatic ring is 1. The summed E-state index contributed by atoms with van der Waals surface area (Å²) in [6.07, 6.45) is 0. The Bertz CT molecular complexity index is 290. The minimum Gasteiger partial charge on any atom is -0.398 e. The lowest BCUT2D eigenvalue weighted by Gasteiger charge is -2.03. The van der Waals surface area contributed by atoms with Crippen molar-refractivity contribution < 1.29 is 0 Å². The van der Waals surface area contributed by atoms with E-state index in [0.717, 1.165) is 11.1 Å². The van der Waals surface area contributed by atoms with Gasteiger partial charge in [-0.15, -0.1) is 0 Å². The number of hydrogen-bond donors (Lipinski definition) is 2. The molecule has 0 amide bonds. The fraction of sp³-hybridized carbons (Fsp3) is 0.364. The summed E-state index contributed by atoms with van der Waals surface area (Å²) >= 11 is 0. The van der Waals surface area contributed by atoms with Gasteiger partial charge in [0.1, 0.15) is 0 Å². The van der Waals surface area contributed by atoms with Crippen LogP contribution in [0, 0.1) is 12.3 Å². The molecule has 0 atom stereocenters. The first kappa shape index (κ1) is 11.7. The lowest BCUT2D eigenvalue weighted by atomic mass is 10.1. The summed E-state index contributed by atoms with van der Waals surface area (Å²) in [4.78, 5) is 0. The molecule has 1 aromatic carbocycles. The van der Waals surface area contributed by atoms with Crippen LogP contribution in [0.15, 0.2) is 18.2 Å². The molecule has 0 saturated heterocycles. The van der Waals surface area contributed by atoms with E-state index >= 15 is 0 Å². The van der Waals surface area contributed by atoms with Crippen molar-refractivity contribution in [2.45, 2.75) is 27.7 Å². The van der Waals surface area contributed by atoms with E-state index in [1.54, 1.807) is 6.92 Å². The summed E-state index contributed by atoms with van der Waals surface area (Å²) < 4.78 is 0. The highest BCUT2D eigenvalue weighted by Gasteiger charge is 1.99. The van der Waals surface area contributed by atoms with Crippen molar-refractivity contribution in [2.75, 3.05) is 5.73 Å². The van der Waals surface area contributed by atoms with Gasteiger partial charge in [0.15, 0.2) is 0 Å². The third-order valence-electron chi connectivity index (χ3n) is 1.61. The molecule has 1 aromatic rings. The molecule has 0 aromatic heterocycles. The van der Waals surface area contributed by atoms with Crippen molar-refractivity contribution in [3.8, 4) is 0 Å². The van der Waals surface area contributed by atoms with Gasteiger partial charge in [0.2, 0.25) is 0 Å². The minimum absolute atomic E-state index is 0.520. The molecule has 0 heterocycles. The Hall–Kier alpha value is -1.31. The average Bonchev–Trinajstić information content (AvgIpc) is 2.12. The van der Waals surface area contributed by atoms with Crippen molar-refractivity contribution in [2.24, 2.45) is 0 Å². The van der Waals surface area contributed by atoms with Crippen molar-refractivity contribution in [3.63, 3.8) is 0 Å². The third kappa shape index (κ3) is 3.28. The molecular formula is C11H18N2. The molecule has 0 unspecified atom stereocenters. The Morgan fingerprint density at radius 3 is 2.23 bits per heavy atom. The van der Waals surface area contributed by atoms with Gasteiger partial charge >= 0.3 is 0 Å². The standard InChI is InChI=1S/C9H12N2.C2H6/c1-6-3-4-9(11)8(5-6)7(2)10;1-2/h3-5,10H,11H2,1-2H3;1-2H3. The first-order valence-corrected chi connectivity index (χ1v) is 4.53. The number of nitrogens with two attached hydrogens (primary N) is 1. The zero-order chi connectivity index (χ0) is 10.4. The maximum atomic E-state index is 7.39. The van der Waals surface area contributed by atoms with Gasteiger partial charge < -0.3 is 11.1 Å². The van der Waals surface area contributed by atoms with E-state index < -0.39 is 0 Å². The van der Waals surface area contributed by atoms with Crippen LogP contribution >= 0.6 is 0 Å². The second kappa shape index (κ2) is 5.36. The molecule has 72 valence electrons. The molecule has 1 rings (SSSR count). The number of aryl methyl sites for hydroxylation is 1. The lowest BCUT2D eigenvalue weighted by molar-refractivity contribution is 1.41. The van der Waals surface area contributed by atoms with Crippen molar-refractivity contribution in [1.82, 2.24) is 0 Å². The molecule has 2 nitrogen and oxygen atoms in total. The topological polar surface area (TPSA) is 49.9 Å². The van der Waals surface area contributed by atoms with Gasteiger partial charge in [-0.1, -0.05) is 25.5 Å². The van der Waals surface area contributed by atoms with Gasteiger partial charge in [-0.2, -0.15) is 0 Å². The van der Waals surface area contributed by atoms with Gasteiger partial charge in [0.25, 0.3) is 0 Å². The molecule has 0 spiro atoms. The quantitative estimate of drug-likeness (QED) is 0.504. The Morgan fingerprint density at radius 2 is 1.85 bits per heavy atom. The highest BCUT2D eigenvalue weighted by molar-refractivity contribution is 6.01. The van der Waals surface area contributed by atoms with E-state index in [1.165, 1.54) is 0 Å². The van der Waals surface area contributed by atoms with Crippen LogP contribution < -0.4 is 5.73 Å². The number of rotatable bonds is 1. The first-order valence-electron chi connectivity index (χ1n) is 4.53. The predicted molar refractivity (Wildman–Crippen MR) is 59.4 cm³/mol. The van der Waals surface area contributed by atoms with Gasteiger partial charge in [-0.3, -0.25) is 0 Å². The molecule has 0 aliphatic heterocycles. The summed E-state index contributed by atoms with van der Waals surface area (Å²) in [5, 5.41) is 7.39. The van der Waals surface area contributed by atoms with E-state index in [9.17, 15) is 0 Å². The van der Waals surface area contributed by atoms with Crippen LogP contribution in [-0.2, 0) is 0 Å². The van der Waals surface area contributed by atoms with Crippen molar-refractivity contribution in [3.05, 3.63) is 29.3 Å². The summed E-state index contributed by atoms with van der Waals surface area (Å²) in [7, 11) is 0. The molecule has 0 bridgehead atoms. The van der Waals surface area contributed by atoms with Crippen LogP contribution in [0.2, 0.25) is 0 Å². The normalized spacial score (nSPS) is 8.62. The highest BCUT2D eigenvalue weighted by atomic mass is 14.6. The summed E-state index contributed by atoms with van der Waals surface area (Å²) in [5.74, 6) is 0. The molecular weight excluding hydrogens is 160 g/mol. The number of nitrogens with one attached hydrogen (secondary N) is 1. The zero-order valence-corrected chi connectivity index (χ0v) is 8.81. The molecule has 0 fully saturated rings. The fourth-order valence-corrected chi connectivity index (χ4v) is 0.995. The zero-order valence-electron chi connectivity index (χ0n) is 8.81. The van der Waals surface area contributed by atoms with Crippen LogP contribution in [0.3, 0.4) is 0 Å². The molecule has 3 N–H and O–H groups in total. The van der Waals surface area contributed by atoms with Crippen LogP contribution in [-0.4, -0.2) is 5.71 Å². The van der Waals surface area contributed by atoms with E-state index in [-0.39, 0.29) is 0 Å². The maximum absolute atomic E-state index is 7.39. The van der Waals surface area contributed by atoms with Gasteiger partial charge in [-0.25, -0.2) is 0 Å². The van der Waals surface area contributed by atoms with Crippen LogP contribution in [0.5, 0.6) is 0 Å². The van der Waals surface area contributed by atoms with Crippen LogP contribution in [0.25, 0.3) is 0 Å². The Morgan fingerprint density at radius 1 is 1.31 bits per heavy atom. The first-order chi connectivity index (χ1) is 6.11. The smallest absolute Gasteiger partial charge is 0.0405 e. The molecule has 2 heteroatoms. The van der Waals surface area contributed by atoms with E-state index in [2.05, 4.69) is 0 Å². The van der Waals surface area contributed by atoms with Crippen LogP contribution in [0.4, 0.5) is 5.69 Å². The van der Waals surface area contributed by atoms with Crippen molar-refractivity contribution in [1.29, 1.82) is 5.41 Å². The second-order valence-electron chi connectivity index (χ2n) is 2.72. The SMILES string of the molecule is CC.CC(=N)c1cc(C)ccc1N. The summed E-state index contributed by atoms with van der Waals surface area (Å²) in [6, 6.07) is 5.71. The second-order valence-corrected chi connectivity index (χ2v) is 2.72. The molecule has 0 aliphatic carbocycles. The van der Waals surface area contributed by atoms with Gasteiger partial charge in [0.05, 0.1) is 0 Å². The third-order valence-corrected chi connectivity index (χ3v) is 1.61. The molecule has 13 heavy (non-hydrogen) atoms. The number of hydrogen-bond acceptors (Lipinski definition) is 2. The predicted octanol–water partition coefficient (Wildman–Crippen LogP) is 2.99. The fourth-order valence-electron chi connectivity index (χ4n) is 0.995. The van der Waals surface area contributed by atoms with E-state index in [1.807, 2.05) is 39.0 Å². The molecule has 0 radical (unpaired) electrons. The summed E-state index contributed by atoms with van der Waals surface area (Å²) in [5.41, 5.74) is 8.83. The van der Waals surface area contributed by atoms with Gasteiger partial charge in [0, 0.05) is 17.0 Å². The monoisotopic (exact) mass is 178 g/mol. The van der Waals surface area contributed by atoms with Gasteiger partial charge in [-0.05, 0) is 26.0 Å². The average molecular weight is 178 g/mol. The Labute approximate surface area is 80.3 Å². The Balaban J connectivity index is 0.000000671. The minimum atomic E-state index is 0.520. The van der Waals surface area contributed by atoms with Crippen LogP contribution in [0.1, 0.15) is 31.9 Å². The number of benzene rings is 1. The van der Waals surface area contributed by atoms with E-state index in [4.69, 9.17) is 11.1 Å². The van der Waals surface area contributed by atoms with E-state index in [0.29, 0.717) is 11.4 Å². The lowest BCUT2D eigenvalue weighted by Crippen LogP contribution is -1.99. The number of anilines is 1. The van der Waals surface area contributed by atoms with Crippen molar-refractivity contribution >= 4 is 11.4 Å². The maximum Gasteiger partial charge on any atom is 0.0405 e. The molecule has 0 saturated carbocycles. The Kier molecular flexibility index (Phi) is 4.82. The highest BCUT2D eigenvalue weighted by Crippen LogP contribution is 2.13. The largest absolute Gasteiger partial charge is 0.398 e. The molecule has 0 aliphatic rings.